The van der Waals surface area contributed by atoms with Crippen LogP contribution in [0.1, 0.15) is 56.9 Å². The zero-order valence-corrected chi connectivity index (χ0v) is 21.8. The van der Waals surface area contributed by atoms with Gasteiger partial charge in [-0.1, -0.05) is 50.3 Å². The molecule has 3 rings (SSSR count). The summed E-state index contributed by atoms with van der Waals surface area (Å²) in [6.45, 7) is 6.55. The van der Waals surface area contributed by atoms with E-state index in [9.17, 15) is 14.4 Å². The van der Waals surface area contributed by atoms with E-state index in [4.69, 9.17) is 25.2 Å². The van der Waals surface area contributed by atoms with E-state index < -0.39 is 36.4 Å². The number of carboxylic acid groups (broad SMARTS) is 3. The number of benzene rings is 1. The van der Waals surface area contributed by atoms with Gasteiger partial charge in [0.1, 0.15) is 12.4 Å². The number of piperazine rings is 1. The smallest absolute Gasteiger partial charge is 0.336 e. The standard InChI is InChI=1S/C21H34N2O.C6H8O7/c1-22-13-15-23(16-14-22)17-18-24-21-10-6-5-9-20(21)12-11-19-7-3-2-4-8-19;7-3(8)1-6(13,5(11)12)2-4(9)10/h5-6,9-10,19H,2-4,7-8,11-18H2,1H3;13H,1-2H2,(H,7,8)(H,9,10)(H,11,12). The fourth-order valence-corrected chi connectivity index (χ4v) is 4.76. The zero-order valence-electron chi connectivity index (χ0n) is 21.8. The van der Waals surface area contributed by atoms with Crippen LogP contribution in [0.3, 0.4) is 0 Å². The summed E-state index contributed by atoms with van der Waals surface area (Å²) >= 11 is 0. The van der Waals surface area contributed by atoms with Crippen LogP contribution in [0, 0.1) is 5.92 Å². The van der Waals surface area contributed by atoms with Crippen molar-refractivity contribution < 1.29 is 39.5 Å². The molecule has 1 aromatic carbocycles. The second kappa shape index (κ2) is 15.5. The van der Waals surface area contributed by atoms with Gasteiger partial charge in [0.05, 0.1) is 12.8 Å². The number of ether oxygens (including phenoxy) is 1. The first-order chi connectivity index (χ1) is 17.6. The van der Waals surface area contributed by atoms with Crippen molar-refractivity contribution in [3.8, 4) is 5.75 Å². The fourth-order valence-electron chi connectivity index (χ4n) is 4.76. The Balaban J connectivity index is 0.000000317. The molecule has 2 aliphatic rings. The number of likely N-dealkylation sites (N-methyl/N-ethyl adjacent to an activating group) is 1. The number of nitrogens with zero attached hydrogens (tertiary/aromatic N) is 2. The lowest BCUT2D eigenvalue weighted by Crippen LogP contribution is -2.45. The largest absolute Gasteiger partial charge is 0.492 e. The number of aryl methyl sites for hydroxylation is 1. The van der Waals surface area contributed by atoms with Gasteiger partial charge in [0.2, 0.25) is 0 Å². The van der Waals surface area contributed by atoms with E-state index in [1.54, 1.807) is 0 Å². The number of aliphatic hydroxyl groups is 1. The van der Waals surface area contributed by atoms with Crippen molar-refractivity contribution in [2.45, 2.75) is 63.4 Å². The molecule has 1 aliphatic carbocycles. The SMILES string of the molecule is CN1CCN(CCOc2ccccc2CCC2CCCCC2)CC1.O=C(O)CC(O)(CC(=O)O)C(=O)O. The first-order valence-corrected chi connectivity index (χ1v) is 13.1. The highest BCUT2D eigenvalue weighted by atomic mass is 16.5. The van der Waals surface area contributed by atoms with Crippen LogP contribution in [-0.2, 0) is 20.8 Å². The molecule has 1 saturated heterocycles. The molecule has 0 atom stereocenters. The molecule has 0 bridgehead atoms. The minimum Gasteiger partial charge on any atom is -0.492 e. The molecule has 1 aromatic rings. The lowest BCUT2D eigenvalue weighted by atomic mass is 9.85. The zero-order chi connectivity index (χ0) is 27.3. The van der Waals surface area contributed by atoms with E-state index in [0.717, 1.165) is 24.8 Å². The second-order valence-corrected chi connectivity index (χ2v) is 10.1. The van der Waals surface area contributed by atoms with Crippen LogP contribution in [0.25, 0.3) is 0 Å². The Morgan fingerprint density at radius 3 is 2.11 bits per heavy atom. The Kier molecular flexibility index (Phi) is 12.8. The molecule has 4 N–H and O–H groups in total. The lowest BCUT2D eigenvalue weighted by molar-refractivity contribution is -0.170. The van der Waals surface area contributed by atoms with Crippen molar-refractivity contribution in [3.63, 3.8) is 0 Å². The van der Waals surface area contributed by atoms with Crippen LogP contribution >= 0.6 is 0 Å². The van der Waals surface area contributed by atoms with Crippen molar-refractivity contribution in [3.05, 3.63) is 29.8 Å². The third-order valence-electron chi connectivity index (χ3n) is 7.07. The molecule has 10 nitrogen and oxygen atoms in total. The van der Waals surface area contributed by atoms with Crippen LogP contribution in [0.4, 0.5) is 0 Å². The number of rotatable bonds is 12. The second-order valence-electron chi connectivity index (χ2n) is 10.1. The van der Waals surface area contributed by atoms with Crippen molar-refractivity contribution in [1.29, 1.82) is 0 Å². The highest BCUT2D eigenvalue weighted by Gasteiger charge is 2.40. The minimum absolute atomic E-state index is 0.810. The van der Waals surface area contributed by atoms with Crippen LogP contribution < -0.4 is 4.74 Å². The van der Waals surface area contributed by atoms with Gasteiger partial charge in [-0.25, -0.2) is 4.79 Å². The minimum atomic E-state index is -2.74. The number of hydrogen-bond acceptors (Lipinski definition) is 7. The summed E-state index contributed by atoms with van der Waals surface area (Å²) in [4.78, 5) is 35.4. The van der Waals surface area contributed by atoms with Crippen LogP contribution in [-0.4, -0.2) is 100 Å². The van der Waals surface area contributed by atoms with Crippen LogP contribution in [0.2, 0.25) is 0 Å². The maximum atomic E-state index is 10.3. The summed E-state index contributed by atoms with van der Waals surface area (Å²) in [5.41, 5.74) is -1.33. The molecule has 0 radical (unpaired) electrons. The van der Waals surface area contributed by atoms with Gasteiger partial charge in [-0.3, -0.25) is 14.5 Å². The summed E-state index contributed by atoms with van der Waals surface area (Å²) in [5.74, 6) is -2.96. The van der Waals surface area contributed by atoms with Gasteiger partial charge in [-0.05, 0) is 37.4 Å². The third kappa shape index (κ3) is 11.5. The maximum absolute atomic E-state index is 10.3. The first-order valence-electron chi connectivity index (χ1n) is 13.1. The van der Waals surface area contributed by atoms with E-state index in [2.05, 4.69) is 41.1 Å². The normalized spacial score (nSPS) is 17.5. The number of carboxylic acids is 3. The van der Waals surface area contributed by atoms with Crippen molar-refractivity contribution in [2.24, 2.45) is 5.92 Å². The van der Waals surface area contributed by atoms with E-state index in [0.29, 0.717) is 0 Å². The number of carbonyl (C=O) groups is 3. The molecule has 2 fully saturated rings. The molecule has 1 aliphatic heterocycles. The summed E-state index contributed by atoms with van der Waals surface area (Å²) < 4.78 is 6.15. The average molecular weight is 523 g/mol. The number of aliphatic carboxylic acids is 3. The topological polar surface area (TPSA) is 148 Å². The molecular formula is C27H42N2O8. The van der Waals surface area contributed by atoms with Gasteiger partial charge in [-0.2, -0.15) is 0 Å². The highest BCUT2D eigenvalue weighted by molar-refractivity contribution is 5.88. The molecule has 0 spiro atoms. The summed E-state index contributed by atoms with van der Waals surface area (Å²) in [7, 11) is 2.20. The van der Waals surface area contributed by atoms with Gasteiger partial charge in [0, 0.05) is 32.7 Å². The molecule has 0 amide bonds. The third-order valence-corrected chi connectivity index (χ3v) is 7.07. The predicted molar refractivity (Wildman–Crippen MR) is 138 cm³/mol. The van der Waals surface area contributed by atoms with Gasteiger partial charge < -0.3 is 30.1 Å². The molecule has 0 unspecified atom stereocenters. The van der Waals surface area contributed by atoms with Crippen LogP contribution in [0.15, 0.2) is 24.3 Å². The Labute approximate surface area is 218 Å². The molecule has 10 heteroatoms. The summed E-state index contributed by atoms with van der Waals surface area (Å²) in [6.07, 6.45) is 7.42. The van der Waals surface area contributed by atoms with Gasteiger partial charge in [0.25, 0.3) is 0 Å². The highest BCUT2D eigenvalue weighted by Crippen LogP contribution is 2.29. The monoisotopic (exact) mass is 522 g/mol. The lowest BCUT2D eigenvalue weighted by Gasteiger charge is -2.32. The Morgan fingerprint density at radius 1 is 0.946 bits per heavy atom. The van der Waals surface area contributed by atoms with Gasteiger partial charge in [-0.15, -0.1) is 0 Å². The van der Waals surface area contributed by atoms with E-state index in [1.165, 1.54) is 76.7 Å². The molecule has 0 aromatic heterocycles. The Hall–Kier alpha value is -2.69. The maximum Gasteiger partial charge on any atom is 0.336 e. The van der Waals surface area contributed by atoms with E-state index in [1.807, 2.05) is 0 Å². The predicted octanol–water partition coefficient (Wildman–Crippen LogP) is 2.58. The van der Waals surface area contributed by atoms with E-state index in [-0.39, 0.29) is 0 Å². The van der Waals surface area contributed by atoms with Gasteiger partial charge >= 0.3 is 17.9 Å². The van der Waals surface area contributed by atoms with Gasteiger partial charge in [0.15, 0.2) is 5.60 Å². The van der Waals surface area contributed by atoms with Crippen molar-refractivity contribution in [2.75, 3.05) is 46.4 Å². The molecule has 208 valence electrons. The van der Waals surface area contributed by atoms with E-state index >= 15 is 0 Å². The Morgan fingerprint density at radius 2 is 1.54 bits per heavy atom. The first kappa shape index (κ1) is 30.5. The number of para-hydroxylation sites is 1. The molecule has 1 heterocycles. The molecule has 37 heavy (non-hydrogen) atoms. The van der Waals surface area contributed by atoms with Crippen molar-refractivity contribution in [1.82, 2.24) is 9.80 Å². The average Bonchev–Trinajstić information content (AvgIpc) is 2.84. The number of hydrogen-bond donors (Lipinski definition) is 4. The molecule has 1 saturated carbocycles. The fraction of sp³-hybridized carbons (Fsp3) is 0.667. The van der Waals surface area contributed by atoms with Crippen molar-refractivity contribution >= 4 is 17.9 Å². The quantitative estimate of drug-likeness (QED) is 0.323. The Bertz CT molecular complexity index is 848. The molecular weight excluding hydrogens is 480 g/mol. The summed E-state index contributed by atoms with van der Waals surface area (Å²) in [6, 6.07) is 8.67. The summed E-state index contributed by atoms with van der Waals surface area (Å²) in [5, 5.41) is 33.8. The van der Waals surface area contributed by atoms with Crippen LogP contribution in [0.5, 0.6) is 5.75 Å².